The van der Waals surface area contributed by atoms with Gasteiger partial charge >= 0.3 is 0 Å². The van der Waals surface area contributed by atoms with Crippen LogP contribution >= 0.6 is 22.7 Å². The van der Waals surface area contributed by atoms with Gasteiger partial charge in [-0.15, -0.1) is 22.7 Å². The summed E-state index contributed by atoms with van der Waals surface area (Å²) < 4.78 is 19.3. The summed E-state index contributed by atoms with van der Waals surface area (Å²) in [6.07, 6.45) is 8.43. The van der Waals surface area contributed by atoms with Crippen molar-refractivity contribution in [2.45, 2.75) is 70.3 Å². The van der Waals surface area contributed by atoms with Gasteiger partial charge in [-0.2, -0.15) is 5.10 Å². The molecule has 19 nitrogen and oxygen atoms in total. The normalized spacial score (nSPS) is 15.7. The molecular formula is C76H70N10O9S2. The number of piperidine rings is 1. The van der Waals surface area contributed by atoms with Crippen molar-refractivity contribution in [2.24, 2.45) is 28.0 Å². The summed E-state index contributed by atoms with van der Waals surface area (Å²) in [6.45, 7) is 11.1. The van der Waals surface area contributed by atoms with Crippen molar-refractivity contribution in [1.82, 2.24) is 34.4 Å². The number of para-hydroxylation sites is 3. The summed E-state index contributed by atoms with van der Waals surface area (Å²) in [5, 5.41) is 6.57. The fraction of sp³-hybridized carbons (Fsp3) is 0.250. The molecule has 0 unspecified atom stereocenters. The Hall–Kier alpha value is -11.1. The van der Waals surface area contributed by atoms with Crippen LogP contribution in [-0.4, -0.2) is 109 Å². The van der Waals surface area contributed by atoms with Crippen LogP contribution in [0.5, 0.6) is 34.5 Å². The van der Waals surface area contributed by atoms with Crippen LogP contribution in [0.25, 0.3) is 33.8 Å². The Kier molecular flexibility index (Phi) is 19.6. The second-order valence-electron chi connectivity index (χ2n) is 24.8. The number of amides is 6. The first kappa shape index (κ1) is 65.9. The van der Waals surface area contributed by atoms with Crippen LogP contribution in [0.4, 0.5) is 0 Å². The third-order valence-electron chi connectivity index (χ3n) is 17.9. The van der Waals surface area contributed by atoms with Crippen molar-refractivity contribution >= 4 is 58.1 Å². The highest BCUT2D eigenvalue weighted by Crippen LogP contribution is 2.58. The number of nitrogens with zero attached hydrogens (tertiary/aromatic N) is 7. The number of hydrogen-bond acceptors (Lipinski definition) is 14. The molecule has 2 spiro atoms. The number of thiazole rings is 2. The number of carbonyl (C=O) groups excluding carboxylic acids is 6. The van der Waals surface area contributed by atoms with Gasteiger partial charge in [0.2, 0.25) is 5.91 Å². The van der Waals surface area contributed by atoms with Crippen molar-refractivity contribution in [1.29, 1.82) is 0 Å². The molecule has 6 N–H and O–H groups in total. The number of benzene rings is 6. The lowest BCUT2D eigenvalue weighted by Crippen LogP contribution is -2.63. The highest BCUT2D eigenvalue weighted by atomic mass is 32.1. The predicted molar refractivity (Wildman–Crippen MR) is 372 cm³/mol. The highest BCUT2D eigenvalue weighted by molar-refractivity contribution is 7.14. The SMILES string of the molecule is C=CC(=O)N1CC2(CC(c3nc(-c4ccc(Oc5ccccc5)cc4)c(C(N)=O)s3)C2)C1.CC#CC(=O)N1CC2(CC(c3nc(-c4ccc(Oc5ccccc5)cc4)c(C(N)=O)s3)C2)C1.CC#CC(=O)N1CCC(n2cc(C(N)=O)c(-c3ccc(Oc4ccccc4)cc3)n2)CC1. The van der Waals surface area contributed by atoms with Crippen LogP contribution in [0.2, 0.25) is 0 Å². The Morgan fingerprint density at radius 2 is 0.856 bits per heavy atom. The molecule has 9 aromatic rings. The molecular weight excluding hydrogens is 1260 g/mol. The molecule has 97 heavy (non-hydrogen) atoms. The van der Waals surface area contributed by atoms with E-state index in [1.165, 1.54) is 28.7 Å². The van der Waals surface area contributed by atoms with E-state index in [0.717, 1.165) is 109 Å². The first-order chi connectivity index (χ1) is 47.0. The Labute approximate surface area is 569 Å². The van der Waals surface area contributed by atoms with Crippen molar-refractivity contribution in [2.75, 3.05) is 39.3 Å². The van der Waals surface area contributed by atoms with Crippen LogP contribution < -0.4 is 31.4 Å². The second-order valence-corrected chi connectivity index (χ2v) is 26.8. The van der Waals surface area contributed by atoms with Crippen molar-refractivity contribution in [3.8, 4) is 92.0 Å². The Bertz CT molecular complexity index is 4520. The zero-order chi connectivity index (χ0) is 67.8. The van der Waals surface area contributed by atoms with Gasteiger partial charge in [-0.1, -0.05) is 73.0 Å². The van der Waals surface area contributed by atoms with E-state index >= 15 is 0 Å². The van der Waals surface area contributed by atoms with Gasteiger partial charge in [0.1, 0.15) is 49.9 Å². The summed E-state index contributed by atoms with van der Waals surface area (Å²) in [5.41, 5.74) is 22.0. The number of primary amides is 3. The molecule has 0 radical (unpaired) electrons. The summed E-state index contributed by atoms with van der Waals surface area (Å²) in [4.78, 5) is 87.9. The predicted octanol–water partition coefficient (Wildman–Crippen LogP) is 12.7. The third-order valence-corrected chi connectivity index (χ3v) is 20.4. The van der Waals surface area contributed by atoms with Gasteiger partial charge in [0.05, 0.1) is 33.0 Å². The van der Waals surface area contributed by atoms with Crippen LogP contribution in [-0.2, 0) is 14.4 Å². The largest absolute Gasteiger partial charge is 0.457 e. The Balaban J connectivity index is 0.000000139. The molecule has 3 aliphatic heterocycles. The van der Waals surface area contributed by atoms with Gasteiger partial charge in [-0.25, -0.2) is 9.97 Å². The number of likely N-dealkylation sites (tertiary alicyclic amines) is 3. The van der Waals surface area contributed by atoms with E-state index in [0.29, 0.717) is 68.7 Å². The maximum atomic E-state index is 12.1. The standard InChI is InChI=1S/C26H23N3O3S.C25H24N4O3.C25H23N3O3S/c1-2-6-21(30)29-15-26(16-29)13-18(14-26)25-28-22(23(33-25)24(27)31)17-9-11-20(12-10-17)32-19-7-4-3-5-8-19;1-2-6-23(30)28-15-13-19(14-16-28)29-17-22(25(26)31)24(27-29)18-9-11-21(12-10-18)32-20-7-4-3-5-8-20;1-2-20(29)28-14-25(15-28)12-17(13-25)24-27-21(22(32-24)23(26)30)16-8-10-19(11-9-16)31-18-6-4-3-5-7-18/h3-5,7-12,18H,13-16H2,1H3,(H2,27,31);3-5,7-12,17,19H,13-16H2,1H3,(H2,26,31);2-11,17H,1,12-15H2,(H2,26,30). The minimum Gasteiger partial charge on any atom is -0.457 e. The van der Waals surface area contributed by atoms with Gasteiger partial charge in [0.15, 0.2) is 0 Å². The quantitative estimate of drug-likeness (QED) is 0.0602. The number of rotatable bonds is 16. The minimum absolute atomic E-state index is 0.00804. The first-order valence-corrected chi connectivity index (χ1v) is 33.5. The van der Waals surface area contributed by atoms with E-state index in [-0.39, 0.29) is 40.5 Å². The van der Waals surface area contributed by atoms with Crippen LogP contribution in [0.1, 0.15) is 110 Å². The van der Waals surface area contributed by atoms with E-state index in [2.05, 4.69) is 35.4 Å². The van der Waals surface area contributed by atoms with Crippen molar-refractivity contribution in [3.05, 3.63) is 208 Å². The summed E-state index contributed by atoms with van der Waals surface area (Å²) in [5.74, 6) is 13.7. The van der Waals surface area contributed by atoms with E-state index in [1.54, 1.807) is 34.5 Å². The molecule has 0 bridgehead atoms. The summed E-state index contributed by atoms with van der Waals surface area (Å²) in [7, 11) is 0. The number of nitrogens with two attached hydrogens (primary N) is 3. The van der Waals surface area contributed by atoms with Crippen LogP contribution in [0, 0.1) is 34.5 Å². The molecule has 21 heteroatoms. The average molecular weight is 1330 g/mol. The number of carbonyl (C=O) groups is 6. The highest BCUT2D eigenvalue weighted by Gasteiger charge is 2.56. The van der Waals surface area contributed by atoms with Gasteiger partial charge in [0, 0.05) is 84.8 Å². The zero-order valence-electron chi connectivity index (χ0n) is 53.5. The van der Waals surface area contributed by atoms with E-state index < -0.39 is 17.7 Å². The minimum atomic E-state index is -0.526. The lowest BCUT2D eigenvalue weighted by molar-refractivity contribution is -0.146. The molecule has 0 atom stereocenters. The Morgan fingerprint density at radius 1 is 0.495 bits per heavy atom. The fourth-order valence-corrected chi connectivity index (χ4v) is 15.2. The average Bonchev–Trinajstić information content (AvgIpc) is 1.66. The van der Waals surface area contributed by atoms with Gasteiger partial charge in [-0.3, -0.25) is 33.4 Å². The first-order valence-electron chi connectivity index (χ1n) is 31.8. The maximum Gasteiger partial charge on any atom is 0.298 e. The fourth-order valence-electron chi connectivity index (χ4n) is 13.1. The lowest BCUT2D eigenvalue weighted by atomic mass is 9.58. The topological polar surface area (TPSA) is 261 Å². The molecule has 3 saturated heterocycles. The number of aromatic nitrogens is 4. The molecule has 490 valence electrons. The molecule has 3 aromatic heterocycles. The molecule has 6 heterocycles. The van der Waals surface area contributed by atoms with Crippen LogP contribution in [0.3, 0.4) is 0 Å². The number of hydrogen-bond donors (Lipinski definition) is 3. The summed E-state index contributed by atoms with van der Waals surface area (Å²) in [6, 6.07) is 51.2. The Morgan fingerprint density at radius 3 is 1.22 bits per heavy atom. The van der Waals surface area contributed by atoms with Gasteiger partial charge in [0.25, 0.3) is 29.5 Å². The van der Waals surface area contributed by atoms with Gasteiger partial charge < -0.3 is 46.1 Å². The monoisotopic (exact) mass is 1330 g/mol. The third kappa shape index (κ3) is 15.0. The summed E-state index contributed by atoms with van der Waals surface area (Å²) >= 11 is 2.77. The van der Waals surface area contributed by atoms with E-state index in [9.17, 15) is 28.8 Å². The smallest absolute Gasteiger partial charge is 0.298 e. The second kappa shape index (κ2) is 28.8. The zero-order valence-corrected chi connectivity index (χ0v) is 55.2. The van der Waals surface area contributed by atoms with Crippen molar-refractivity contribution < 1.29 is 43.0 Å². The maximum absolute atomic E-state index is 12.1. The molecule has 2 aliphatic carbocycles. The lowest BCUT2D eigenvalue weighted by Gasteiger charge is -2.58. The van der Waals surface area contributed by atoms with E-state index in [4.69, 9.17) is 41.4 Å². The molecule has 5 aliphatic rings. The number of ether oxygens (including phenoxy) is 3. The molecule has 14 rings (SSSR count). The van der Waals surface area contributed by atoms with Gasteiger partial charge in [-0.05, 0) is 179 Å². The molecule has 2 saturated carbocycles. The van der Waals surface area contributed by atoms with E-state index in [1.807, 2.05) is 169 Å². The molecule has 6 aromatic carbocycles. The molecule has 6 amide bonds. The van der Waals surface area contributed by atoms with Crippen molar-refractivity contribution in [3.63, 3.8) is 0 Å². The van der Waals surface area contributed by atoms with Crippen LogP contribution in [0.15, 0.2) is 183 Å². The molecule has 5 fully saturated rings.